The largest absolute Gasteiger partial charge is 0.455 e. The molecular formula is C12H14N2O5. The first kappa shape index (κ1) is 14.6. The van der Waals surface area contributed by atoms with Crippen molar-refractivity contribution in [2.75, 3.05) is 6.61 Å². The molecule has 0 aliphatic carbocycles. The standard InChI is InChI=1S/C12H14N2O5/c1-9(15)13-12(14(17)18,8-19-10(2)16)11-6-4-3-5-7-11/h3-7H,8H2,1-2H3,(H,13,15)/t12-/m0/s1. The van der Waals surface area contributed by atoms with Crippen LogP contribution in [0, 0.1) is 10.1 Å². The number of hydrogen-bond acceptors (Lipinski definition) is 5. The zero-order chi connectivity index (χ0) is 14.5. The molecule has 1 amide bonds. The number of ether oxygens (including phenoxy) is 1. The Morgan fingerprint density at radius 2 is 1.89 bits per heavy atom. The summed E-state index contributed by atoms with van der Waals surface area (Å²) in [4.78, 5) is 32.8. The van der Waals surface area contributed by atoms with Crippen molar-refractivity contribution < 1.29 is 19.2 Å². The molecule has 0 saturated carbocycles. The molecule has 102 valence electrons. The van der Waals surface area contributed by atoms with Gasteiger partial charge in [0.25, 0.3) is 0 Å². The van der Waals surface area contributed by atoms with Crippen molar-refractivity contribution in [2.45, 2.75) is 19.5 Å². The van der Waals surface area contributed by atoms with Crippen molar-refractivity contribution in [1.29, 1.82) is 0 Å². The van der Waals surface area contributed by atoms with E-state index in [4.69, 9.17) is 4.74 Å². The molecule has 0 aliphatic rings. The van der Waals surface area contributed by atoms with Crippen molar-refractivity contribution in [3.05, 3.63) is 46.0 Å². The number of benzene rings is 1. The van der Waals surface area contributed by atoms with Gasteiger partial charge in [-0.2, -0.15) is 0 Å². The number of rotatable bonds is 5. The molecule has 0 fully saturated rings. The third kappa shape index (κ3) is 3.51. The smallest absolute Gasteiger partial charge is 0.355 e. The average molecular weight is 266 g/mol. The maximum absolute atomic E-state index is 11.4. The Bertz CT molecular complexity index is 488. The van der Waals surface area contributed by atoms with Crippen LogP contribution in [0.15, 0.2) is 30.3 Å². The van der Waals surface area contributed by atoms with Crippen LogP contribution in [0.4, 0.5) is 0 Å². The molecule has 1 aromatic carbocycles. The zero-order valence-electron chi connectivity index (χ0n) is 10.6. The van der Waals surface area contributed by atoms with E-state index in [1.165, 1.54) is 12.1 Å². The van der Waals surface area contributed by atoms with Crippen LogP contribution < -0.4 is 5.32 Å². The summed E-state index contributed by atoms with van der Waals surface area (Å²) in [7, 11) is 0. The second kappa shape index (κ2) is 5.94. The maximum atomic E-state index is 11.4. The van der Waals surface area contributed by atoms with Gasteiger partial charge < -0.3 is 4.74 Å². The lowest BCUT2D eigenvalue weighted by atomic mass is 10.0. The Balaban J connectivity index is 3.22. The van der Waals surface area contributed by atoms with Crippen molar-refractivity contribution in [2.24, 2.45) is 0 Å². The van der Waals surface area contributed by atoms with Gasteiger partial charge in [0.05, 0.1) is 10.5 Å². The van der Waals surface area contributed by atoms with Gasteiger partial charge in [-0.3, -0.25) is 25.0 Å². The van der Waals surface area contributed by atoms with Gasteiger partial charge in [-0.05, 0) is 12.1 Å². The maximum Gasteiger partial charge on any atom is 0.355 e. The third-order valence-electron chi connectivity index (χ3n) is 2.43. The quantitative estimate of drug-likeness (QED) is 0.368. The minimum Gasteiger partial charge on any atom is -0.455 e. The number of amides is 1. The van der Waals surface area contributed by atoms with Crippen LogP contribution in [0.3, 0.4) is 0 Å². The van der Waals surface area contributed by atoms with Crippen LogP contribution >= 0.6 is 0 Å². The van der Waals surface area contributed by atoms with Gasteiger partial charge in [0.2, 0.25) is 5.91 Å². The summed E-state index contributed by atoms with van der Waals surface area (Å²) in [5.41, 5.74) is -1.74. The minimum absolute atomic E-state index is 0.233. The van der Waals surface area contributed by atoms with Crippen molar-refractivity contribution >= 4 is 11.9 Å². The SMILES string of the molecule is CC(=O)N[C@](COC(C)=O)(c1ccccc1)[N+](=O)[O-]. The highest BCUT2D eigenvalue weighted by atomic mass is 16.6. The second-order valence-corrected chi connectivity index (χ2v) is 3.94. The fourth-order valence-corrected chi connectivity index (χ4v) is 1.61. The first-order valence-electron chi connectivity index (χ1n) is 5.50. The van der Waals surface area contributed by atoms with Gasteiger partial charge in [-0.15, -0.1) is 0 Å². The fraction of sp³-hybridized carbons (Fsp3) is 0.333. The number of hydrogen-bond donors (Lipinski definition) is 1. The molecule has 1 N–H and O–H groups in total. The molecule has 1 rings (SSSR count). The molecule has 0 bridgehead atoms. The van der Waals surface area contributed by atoms with E-state index in [-0.39, 0.29) is 5.56 Å². The topological polar surface area (TPSA) is 98.5 Å². The summed E-state index contributed by atoms with van der Waals surface area (Å²) in [6, 6.07) is 7.87. The molecule has 0 unspecified atom stereocenters. The molecule has 0 radical (unpaired) electrons. The van der Waals surface area contributed by atoms with Gasteiger partial charge in [0.15, 0.2) is 6.61 Å². The van der Waals surface area contributed by atoms with Crippen LogP contribution in [-0.4, -0.2) is 23.4 Å². The molecular weight excluding hydrogens is 252 g/mol. The van der Waals surface area contributed by atoms with E-state index in [9.17, 15) is 19.7 Å². The predicted molar refractivity (Wildman–Crippen MR) is 65.6 cm³/mol. The van der Waals surface area contributed by atoms with Crippen molar-refractivity contribution in [3.63, 3.8) is 0 Å². The van der Waals surface area contributed by atoms with E-state index < -0.39 is 29.1 Å². The van der Waals surface area contributed by atoms with E-state index in [0.29, 0.717) is 0 Å². The molecule has 19 heavy (non-hydrogen) atoms. The number of nitrogens with one attached hydrogen (secondary N) is 1. The van der Waals surface area contributed by atoms with Crippen molar-refractivity contribution in [3.8, 4) is 0 Å². The third-order valence-corrected chi connectivity index (χ3v) is 2.43. The van der Waals surface area contributed by atoms with Crippen LogP contribution in [0.1, 0.15) is 19.4 Å². The highest BCUT2D eigenvalue weighted by molar-refractivity contribution is 5.74. The lowest BCUT2D eigenvalue weighted by Gasteiger charge is -2.25. The fourth-order valence-electron chi connectivity index (χ4n) is 1.61. The summed E-state index contributed by atoms with van der Waals surface area (Å²) >= 11 is 0. The minimum atomic E-state index is -1.97. The Hall–Kier alpha value is -2.44. The highest BCUT2D eigenvalue weighted by Crippen LogP contribution is 2.22. The number of nitrogens with zero attached hydrogens (tertiary/aromatic N) is 1. The zero-order valence-corrected chi connectivity index (χ0v) is 10.6. The molecule has 0 spiro atoms. The molecule has 7 heteroatoms. The number of carbonyl (C=O) groups excluding carboxylic acids is 2. The summed E-state index contributed by atoms with van der Waals surface area (Å²) in [5, 5.41) is 13.6. The highest BCUT2D eigenvalue weighted by Gasteiger charge is 2.47. The van der Waals surface area contributed by atoms with Crippen LogP contribution in [0.2, 0.25) is 0 Å². The Morgan fingerprint density at radius 3 is 2.32 bits per heavy atom. The van der Waals surface area contributed by atoms with Crippen LogP contribution in [-0.2, 0) is 20.0 Å². The van der Waals surface area contributed by atoms with Gasteiger partial charge in [-0.1, -0.05) is 18.2 Å². The van der Waals surface area contributed by atoms with E-state index in [1.807, 2.05) is 0 Å². The van der Waals surface area contributed by atoms with E-state index in [0.717, 1.165) is 13.8 Å². The van der Waals surface area contributed by atoms with E-state index in [1.54, 1.807) is 18.2 Å². The van der Waals surface area contributed by atoms with Gasteiger partial charge in [0, 0.05) is 13.8 Å². The van der Waals surface area contributed by atoms with Gasteiger partial charge in [0.1, 0.15) is 0 Å². The molecule has 0 saturated heterocycles. The van der Waals surface area contributed by atoms with E-state index >= 15 is 0 Å². The van der Waals surface area contributed by atoms with Crippen LogP contribution in [0.25, 0.3) is 0 Å². The summed E-state index contributed by atoms with van der Waals surface area (Å²) < 4.78 is 4.73. The molecule has 1 atom stereocenters. The Kier molecular flexibility index (Phi) is 4.57. The first-order chi connectivity index (χ1) is 8.88. The lowest BCUT2D eigenvalue weighted by molar-refractivity contribution is -0.588. The Labute approximate surface area is 109 Å². The predicted octanol–water partition coefficient (Wildman–Crippen LogP) is 0.815. The molecule has 0 heterocycles. The molecule has 0 aromatic heterocycles. The van der Waals surface area contributed by atoms with E-state index in [2.05, 4.69) is 5.32 Å². The average Bonchev–Trinajstić information content (AvgIpc) is 2.34. The number of carbonyl (C=O) groups is 2. The van der Waals surface area contributed by atoms with Crippen molar-refractivity contribution in [1.82, 2.24) is 5.32 Å². The summed E-state index contributed by atoms with van der Waals surface area (Å²) in [6.45, 7) is 1.73. The normalized spacial score (nSPS) is 13.2. The number of esters is 1. The molecule has 7 nitrogen and oxygen atoms in total. The van der Waals surface area contributed by atoms with Crippen LogP contribution in [0.5, 0.6) is 0 Å². The monoisotopic (exact) mass is 266 g/mol. The number of nitro groups is 1. The molecule has 1 aromatic rings. The second-order valence-electron chi connectivity index (χ2n) is 3.94. The Morgan fingerprint density at radius 1 is 1.32 bits per heavy atom. The lowest BCUT2D eigenvalue weighted by Crippen LogP contribution is -2.54. The van der Waals surface area contributed by atoms with Gasteiger partial charge >= 0.3 is 11.6 Å². The van der Waals surface area contributed by atoms with Gasteiger partial charge in [-0.25, -0.2) is 0 Å². The molecule has 0 aliphatic heterocycles. The first-order valence-corrected chi connectivity index (χ1v) is 5.50. The summed E-state index contributed by atoms with van der Waals surface area (Å²) in [6.07, 6.45) is 0. The summed E-state index contributed by atoms with van der Waals surface area (Å²) in [5.74, 6) is -1.25.